The van der Waals surface area contributed by atoms with Crippen molar-refractivity contribution >= 4 is 39.8 Å². The second kappa shape index (κ2) is 7.67. The summed E-state index contributed by atoms with van der Waals surface area (Å²) in [6.45, 7) is 0.284. The normalized spacial score (nSPS) is 10.8. The highest BCUT2D eigenvalue weighted by molar-refractivity contribution is 6.32. The lowest BCUT2D eigenvalue weighted by Gasteiger charge is -2.13. The maximum absolute atomic E-state index is 15.2. The molecular weight excluding hydrogens is 412 g/mol. The molecule has 1 aromatic heterocycles. The SMILES string of the molecule is N#Cc1cc(Cl)cc(Oc2c(Cl)ccc(Cn3ccc4cc(N)ccc43)c2F)c1. The molecule has 0 bridgehead atoms. The molecule has 0 radical (unpaired) electrons. The maximum atomic E-state index is 15.2. The van der Waals surface area contributed by atoms with Gasteiger partial charge in [-0.25, -0.2) is 4.39 Å². The molecule has 0 aliphatic carbocycles. The lowest BCUT2D eigenvalue weighted by atomic mass is 10.2. The number of benzene rings is 3. The molecule has 29 heavy (non-hydrogen) atoms. The van der Waals surface area contributed by atoms with Gasteiger partial charge in [0.1, 0.15) is 5.75 Å². The first-order valence-electron chi connectivity index (χ1n) is 8.64. The topological polar surface area (TPSA) is 64.0 Å². The van der Waals surface area contributed by atoms with Gasteiger partial charge in [-0.3, -0.25) is 0 Å². The summed E-state index contributed by atoms with van der Waals surface area (Å²) < 4.78 is 22.8. The standard InChI is InChI=1S/C22H14Cl2FN3O/c23-16-7-13(11-26)8-18(10-16)29-22-19(24)3-1-15(21(22)25)12-28-6-5-14-9-17(27)2-4-20(14)28/h1-10H,12,27H2. The molecule has 0 saturated heterocycles. The Bertz CT molecular complexity index is 1280. The van der Waals surface area contributed by atoms with Crippen LogP contribution in [0.4, 0.5) is 10.1 Å². The van der Waals surface area contributed by atoms with Crippen LogP contribution in [0.1, 0.15) is 11.1 Å². The molecule has 4 aromatic rings. The summed E-state index contributed by atoms with van der Waals surface area (Å²) in [5.74, 6) is -0.460. The number of nitriles is 1. The lowest BCUT2D eigenvalue weighted by molar-refractivity contribution is 0.437. The fourth-order valence-electron chi connectivity index (χ4n) is 3.13. The average Bonchev–Trinajstić information content (AvgIpc) is 3.08. The summed E-state index contributed by atoms with van der Waals surface area (Å²) >= 11 is 12.2. The number of nitrogens with zero attached hydrogens (tertiary/aromatic N) is 2. The molecule has 0 aliphatic rings. The third-order valence-electron chi connectivity index (χ3n) is 4.49. The molecule has 0 fully saturated rings. The Morgan fingerprint density at radius 3 is 2.69 bits per heavy atom. The first-order valence-corrected chi connectivity index (χ1v) is 9.40. The Hall–Kier alpha value is -3.20. The summed E-state index contributed by atoms with van der Waals surface area (Å²) in [6.07, 6.45) is 1.87. The van der Waals surface area contributed by atoms with Crippen molar-refractivity contribution in [2.45, 2.75) is 6.54 Å². The van der Waals surface area contributed by atoms with Crippen LogP contribution in [0, 0.1) is 17.1 Å². The average molecular weight is 426 g/mol. The minimum Gasteiger partial charge on any atom is -0.453 e. The van der Waals surface area contributed by atoms with Crippen LogP contribution in [0.15, 0.2) is 60.8 Å². The van der Waals surface area contributed by atoms with E-state index >= 15 is 4.39 Å². The molecule has 0 amide bonds. The molecule has 0 atom stereocenters. The minimum atomic E-state index is -0.576. The highest BCUT2D eigenvalue weighted by Gasteiger charge is 2.16. The van der Waals surface area contributed by atoms with E-state index in [2.05, 4.69) is 0 Å². The Kier molecular flexibility index (Phi) is 5.06. The van der Waals surface area contributed by atoms with Gasteiger partial charge in [-0.05, 0) is 48.5 Å². The molecule has 0 aliphatic heterocycles. The molecule has 1 heterocycles. The van der Waals surface area contributed by atoms with Crippen molar-refractivity contribution in [3.05, 3.63) is 87.8 Å². The molecule has 144 valence electrons. The van der Waals surface area contributed by atoms with E-state index in [4.69, 9.17) is 38.9 Å². The van der Waals surface area contributed by atoms with Crippen molar-refractivity contribution in [1.82, 2.24) is 4.57 Å². The van der Waals surface area contributed by atoms with Crippen LogP contribution in [0.3, 0.4) is 0 Å². The van der Waals surface area contributed by atoms with Crippen LogP contribution in [0.5, 0.6) is 11.5 Å². The maximum Gasteiger partial charge on any atom is 0.181 e. The van der Waals surface area contributed by atoms with E-state index in [9.17, 15) is 0 Å². The largest absolute Gasteiger partial charge is 0.453 e. The zero-order valence-electron chi connectivity index (χ0n) is 15.0. The summed E-state index contributed by atoms with van der Waals surface area (Å²) in [5.41, 5.74) is 8.13. The van der Waals surface area contributed by atoms with Gasteiger partial charge in [0.15, 0.2) is 11.6 Å². The third-order valence-corrected chi connectivity index (χ3v) is 5.00. The van der Waals surface area contributed by atoms with Crippen molar-refractivity contribution in [2.75, 3.05) is 5.73 Å². The Balaban J connectivity index is 1.70. The number of nitrogens with two attached hydrogens (primary N) is 1. The quantitative estimate of drug-likeness (QED) is 0.385. The van der Waals surface area contributed by atoms with E-state index < -0.39 is 5.82 Å². The number of ether oxygens (including phenoxy) is 1. The highest BCUT2D eigenvalue weighted by Crippen LogP contribution is 2.35. The van der Waals surface area contributed by atoms with Gasteiger partial charge in [-0.2, -0.15) is 5.26 Å². The molecule has 4 nitrogen and oxygen atoms in total. The van der Waals surface area contributed by atoms with E-state index in [0.717, 1.165) is 10.9 Å². The van der Waals surface area contributed by atoms with Crippen molar-refractivity contribution in [3.8, 4) is 17.6 Å². The van der Waals surface area contributed by atoms with E-state index in [0.29, 0.717) is 21.8 Å². The number of nitrogen functional groups attached to an aromatic ring is 1. The van der Waals surface area contributed by atoms with Gasteiger partial charge in [0.2, 0.25) is 0 Å². The molecule has 2 N–H and O–H groups in total. The second-order valence-electron chi connectivity index (χ2n) is 6.50. The number of rotatable bonds is 4. The number of halogens is 3. The van der Waals surface area contributed by atoms with Gasteiger partial charge in [-0.1, -0.05) is 29.3 Å². The molecule has 0 spiro atoms. The number of anilines is 1. The van der Waals surface area contributed by atoms with E-state index in [1.54, 1.807) is 18.2 Å². The zero-order valence-corrected chi connectivity index (χ0v) is 16.5. The van der Waals surface area contributed by atoms with E-state index in [1.807, 2.05) is 35.0 Å². The van der Waals surface area contributed by atoms with Crippen LogP contribution in [0.25, 0.3) is 10.9 Å². The molecule has 7 heteroatoms. The number of hydrogen-bond donors (Lipinski definition) is 1. The predicted octanol–water partition coefficient (Wildman–Crippen LogP) is 6.38. The summed E-state index contributed by atoms with van der Waals surface area (Å²) in [6, 6.07) is 17.1. The Morgan fingerprint density at radius 1 is 1.07 bits per heavy atom. The fraction of sp³-hybridized carbons (Fsp3) is 0.0455. The van der Waals surface area contributed by atoms with Crippen LogP contribution in [0.2, 0.25) is 10.0 Å². The lowest BCUT2D eigenvalue weighted by Crippen LogP contribution is -2.02. The zero-order chi connectivity index (χ0) is 20.5. The molecular formula is C22H14Cl2FN3O. The first kappa shape index (κ1) is 19.1. The van der Waals surface area contributed by atoms with Crippen molar-refractivity contribution in [1.29, 1.82) is 5.26 Å². The summed E-state index contributed by atoms with van der Waals surface area (Å²) in [7, 11) is 0. The molecule has 3 aromatic carbocycles. The minimum absolute atomic E-state index is 0.115. The molecule has 0 saturated carbocycles. The summed E-state index contributed by atoms with van der Waals surface area (Å²) in [4.78, 5) is 0. The Labute approximate surface area is 176 Å². The van der Waals surface area contributed by atoms with Gasteiger partial charge >= 0.3 is 0 Å². The van der Waals surface area contributed by atoms with Crippen LogP contribution < -0.4 is 10.5 Å². The highest BCUT2D eigenvalue weighted by atomic mass is 35.5. The number of fused-ring (bicyclic) bond motifs is 1. The van der Waals surface area contributed by atoms with E-state index in [1.165, 1.54) is 18.2 Å². The summed E-state index contributed by atoms with van der Waals surface area (Å²) in [5, 5.41) is 10.5. The van der Waals surface area contributed by atoms with Gasteiger partial charge in [0.05, 0.1) is 23.2 Å². The van der Waals surface area contributed by atoms with Crippen molar-refractivity contribution in [3.63, 3.8) is 0 Å². The van der Waals surface area contributed by atoms with Gasteiger partial charge in [0.25, 0.3) is 0 Å². The van der Waals surface area contributed by atoms with Gasteiger partial charge < -0.3 is 15.0 Å². The number of aromatic nitrogens is 1. The van der Waals surface area contributed by atoms with Crippen molar-refractivity contribution in [2.24, 2.45) is 0 Å². The molecule has 4 rings (SSSR count). The van der Waals surface area contributed by atoms with Crippen LogP contribution >= 0.6 is 23.2 Å². The Morgan fingerprint density at radius 2 is 1.90 bits per heavy atom. The fourth-order valence-corrected chi connectivity index (χ4v) is 3.54. The van der Waals surface area contributed by atoms with Crippen molar-refractivity contribution < 1.29 is 9.13 Å². The third kappa shape index (κ3) is 3.86. The van der Waals surface area contributed by atoms with Crippen LogP contribution in [-0.2, 0) is 6.54 Å². The van der Waals surface area contributed by atoms with Gasteiger partial charge in [0, 0.05) is 33.4 Å². The second-order valence-corrected chi connectivity index (χ2v) is 7.34. The first-order chi connectivity index (χ1) is 13.9. The smallest absolute Gasteiger partial charge is 0.181 e. The van der Waals surface area contributed by atoms with Gasteiger partial charge in [-0.15, -0.1) is 0 Å². The van der Waals surface area contributed by atoms with Crippen LogP contribution in [-0.4, -0.2) is 4.57 Å². The number of hydrogen-bond acceptors (Lipinski definition) is 3. The predicted molar refractivity (Wildman–Crippen MR) is 113 cm³/mol. The van der Waals surface area contributed by atoms with E-state index in [-0.39, 0.29) is 23.1 Å². The molecule has 0 unspecified atom stereocenters. The monoisotopic (exact) mass is 425 g/mol.